The monoisotopic (exact) mass is 497 g/mol. The highest BCUT2D eigenvalue weighted by Gasteiger charge is 2.36. The molecular formula is C26H30F3N7. The average Bonchev–Trinajstić information content (AvgIpc) is 3.12. The molecule has 1 aromatic heterocycles. The smallest absolute Gasteiger partial charge is 0.353 e. The number of hydrogen-bond donors (Lipinski definition) is 0. The molecule has 2 saturated heterocycles. The number of piperidine rings is 1. The van der Waals surface area contributed by atoms with Gasteiger partial charge in [0.25, 0.3) is 0 Å². The quantitative estimate of drug-likeness (QED) is 0.623. The molecule has 2 fully saturated rings. The van der Waals surface area contributed by atoms with Crippen LogP contribution in [0.25, 0.3) is 0 Å². The van der Waals surface area contributed by atoms with Gasteiger partial charge in [0.15, 0.2) is 0 Å². The number of rotatable bonds is 2. The maximum Gasteiger partial charge on any atom is 0.419 e. The minimum absolute atomic E-state index is 0.0213. The molecule has 3 aliphatic rings. The fourth-order valence-electron chi connectivity index (χ4n) is 4.83. The standard InChI is InChI=1S/C26H30F3N7/c1-19-7-5-8-20(17-19)22-18-31-24(35-11-3-2-4-12-35)33-25(32-22)36-15-13-34(14-16-36)23-21(26(27,28)29)9-6-10-30-23/h5-10,17H,2-4,11-16,18H2,1H3. The summed E-state index contributed by atoms with van der Waals surface area (Å²) in [6.45, 7) is 6.09. The van der Waals surface area contributed by atoms with Crippen molar-refractivity contribution in [3.8, 4) is 0 Å². The first-order chi connectivity index (χ1) is 17.4. The predicted octanol–water partition coefficient (Wildman–Crippen LogP) is 4.23. The second-order valence-electron chi connectivity index (χ2n) is 9.35. The molecule has 0 amide bonds. The van der Waals surface area contributed by atoms with Crippen LogP contribution in [0.5, 0.6) is 0 Å². The van der Waals surface area contributed by atoms with E-state index < -0.39 is 11.7 Å². The van der Waals surface area contributed by atoms with E-state index in [1.165, 1.54) is 18.7 Å². The molecule has 0 radical (unpaired) electrons. The molecule has 0 aliphatic carbocycles. The zero-order chi connectivity index (χ0) is 25.1. The lowest BCUT2D eigenvalue weighted by atomic mass is 10.1. The van der Waals surface area contributed by atoms with Crippen molar-refractivity contribution in [3.63, 3.8) is 0 Å². The van der Waals surface area contributed by atoms with Crippen molar-refractivity contribution < 1.29 is 13.2 Å². The molecular weight excluding hydrogens is 467 g/mol. The van der Waals surface area contributed by atoms with Crippen LogP contribution in [0, 0.1) is 6.92 Å². The van der Waals surface area contributed by atoms with Crippen LogP contribution in [-0.2, 0) is 6.18 Å². The first-order valence-electron chi connectivity index (χ1n) is 12.4. The average molecular weight is 498 g/mol. The molecule has 36 heavy (non-hydrogen) atoms. The van der Waals surface area contributed by atoms with Gasteiger partial charge in [0.05, 0.1) is 17.8 Å². The number of likely N-dealkylation sites (tertiary alicyclic amines) is 1. The van der Waals surface area contributed by atoms with Gasteiger partial charge in [-0.15, -0.1) is 0 Å². The fraction of sp³-hybridized carbons (Fsp3) is 0.462. The van der Waals surface area contributed by atoms with Crippen LogP contribution in [0.3, 0.4) is 0 Å². The summed E-state index contributed by atoms with van der Waals surface area (Å²) in [6.07, 6.45) is 0.394. The van der Waals surface area contributed by atoms with Crippen LogP contribution in [-0.4, -0.2) is 78.2 Å². The molecule has 1 aromatic carbocycles. The SMILES string of the molecule is Cc1cccc(C2=NC(N3CCN(c4ncccc4C(F)(F)F)CC3)=NC(N3CCCCC3)=NC2)c1. The van der Waals surface area contributed by atoms with Gasteiger partial charge in [-0.2, -0.15) is 18.2 Å². The summed E-state index contributed by atoms with van der Waals surface area (Å²) < 4.78 is 40.6. The van der Waals surface area contributed by atoms with Gasteiger partial charge in [0.1, 0.15) is 5.82 Å². The van der Waals surface area contributed by atoms with Crippen molar-refractivity contribution >= 4 is 23.4 Å². The van der Waals surface area contributed by atoms with E-state index in [0.717, 1.165) is 48.8 Å². The summed E-state index contributed by atoms with van der Waals surface area (Å²) in [5.41, 5.74) is 2.29. The highest BCUT2D eigenvalue weighted by atomic mass is 19.4. The number of hydrogen-bond acceptors (Lipinski definition) is 7. The van der Waals surface area contributed by atoms with E-state index >= 15 is 0 Å². The van der Waals surface area contributed by atoms with Gasteiger partial charge in [-0.25, -0.2) is 15.0 Å². The largest absolute Gasteiger partial charge is 0.419 e. The highest BCUT2D eigenvalue weighted by molar-refractivity contribution is 6.12. The molecule has 0 saturated carbocycles. The van der Waals surface area contributed by atoms with Crippen LogP contribution in [0.1, 0.15) is 36.0 Å². The van der Waals surface area contributed by atoms with Gasteiger partial charge in [0.2, 0.25) is 11.9 Å². The molecule has 0 unspecified atom stereocenters. The molecule has 0 bridgehead atoms. The molecule has 190 valence electrons. The maximum absolute atomic E-state index is 13.5. The minimum atomic E-state index is -4.45. The Kier molecular flexibility index (Phi) is 6.93. The van der Waals surface area contributed by atoms with Crippen LogP contribution >= 0.6 is 0 Å². The number of alkyl halides is 3. The van der Waals surface area contributed by atoms with Gasteiger partial charge < -0.3 is 14.7 Å². The lowest BCUT2D eigenvalue weighted by molar-refractivity contribution is -0.137. The Morgan fingerprint density at radius 1 is 0.778 bits per heavy atom. The molecule has 7 nitrogen and oxygen atoms in total. The number of aliphatic imine (C=N–C) groups is 3. The van der Waals surface area contributed by atoms with Crippen LogP contribution in [0.4, 0.5) is 19.0 Å². The number of anilines is 1. The van der Waals surface area contributed by atoms with Crippen molar-refractivity contribution in [2.24, 2.45) is 15.0 Å². The third kappa shape index (κ3) is 5.37. The van der Waals surface area contributed by atoms with Crippen molar-refractivity contribution in [3.05, 3.63) is 59.3 Å². The van der Waals surface area contributed by atoms with Gasteiger partial charge in [-0.1, -0.05) is 29.8 Å². The summed E-state index contributed by atoms with van der Waals surface area (Å²) >= 11 is 0. The fourth-order valence-corrected chi connectivity index (χ4v) is 4.83. The van der Waals surface area contributed by atoms with E-state index in [9.17, 15) is 13.2 Å². The van der Waals surface area contributed by atoms with Crippen LogP contribution < -0.4 is 4.90 Å². The Morgan fingerprint density at radius 3 is 2.22 bits per heavy atom. The Hall–Kier alpha value is -3.43. The Balaban J connectivity index is 1.40. The first kappa shape index (κ1) is 24.3. The lowest BCUT2D eigenvalue weighted by Crippen LogP contribution is -2.49. The number of piperazine rings is 1. The minimum Gasteiger partial charge on any atom is -0.353 e. The Bertz CT molecular complexity index is 1170. The summed E-state index contributed by atoms with van der Waals surface area (Å²) in [6, 6.07) is 10.6. The van der Waals surface area contributed by atoms with E-state index in [1.807, 2.05) is 30.0 Å². The van der Waals surface area contributed by atoms with Gasteiger partial charge in [-0.3, -0.25) is 0 Å². The summed E-state index contributed by atoms with van der Waals surface area (Å²) in [5, 5.41) is 0. The van der Waals surface area contributed by atoms with Gasteiger partial charge in [-0.05, 0) is 43.9 Å². The van der Waals surface area contributed by atoms with E-state index in [0.29, 0.717) is 44.6 Å². The van der Waals surface area contributed by atoms with E-state index in [2.05, 4.69) is 16.0 Å². The zero-order valence-electron chi connectivity index (χ0n) is 20.4. The normalized spacial score (nSPS) is 19.4. The van der Waals surface area contributed by atoms with Gasteiger partial charge in [0, 0.05) is 45.5 Å². The molecule has 0 N–H and O–H groups in total. The number of pyridine rings is 1. The van der Waals surface area contributed by atoms with Gasteiger partial charge >= 0.3 is 6.18 Å². The number of guanidine groups is 2. The number of aryl methyl sites for hydroxylation is 1. The third-order valence-corrected chi connectivity index (χ3v) is 6.75. The number of benzene rings is 1. The third-order valence-electron chi connectivity index (χ3n) is 6.75. The van der Waals surface area contributed by atoms with Crippen LogP contribution in [0.15, 0.2) is 57.6 Å². The van der Waals surface area contributed by atoms with Crippen LogP contribution in [0.2, 0.25) is 0 Å². The van der Waals surface area contributed by atoms with Crippen molar-refractivity contribution in [1.29, 1.82) is 0 Å². The zero-order valence-corrected chi connectivity index (χ0v) is 20.4. The second kappa shape index (κ2) is 10.3. The number of halogens is 3. The van der Waals surface area contributed by atoms with Crippen molar-refractivity contribution in [2.45, 2.75) is 32.4 Å². The molecule has 4 heterocycles. The van der Waals surface area contributed by atoms with E-state index in [1.54, 1.807) is 4.90 Å². The van der Waals surface area contributed by atoms with Crippen molar-refractivity contribution in [2.75, 3.05) is 50.7 Å². The molecule has 2 aromatic rings. The van der Waals surface area contributed by atoms with Crippen molar-refractivity contribution in [1.82, 2.24) is 14.8 Å². The summed E-state index contributed by atoms with van der Waals surface area (Å²) in [4.78, 5) is 24.7. The second-order valence-corrected chi connectivity index (χ2v) is 9.35. The van der Waals surface area contributed by atoms with E-state index in [4.69, 9.17) is 15.0 Å². The van der Waals surface area contributed by atoms with E-state index in [-0.39, 0.29) is 5.82 Å². The maximum atomic E-state index is 13.5. The molecule has 5 rings (SSSR count). The summed E-state index contributed by atoms with van der Waals surface area (Å²) in [7, 11) is 0. The predicted molar refractivity (Wildman–Crippen MR) is 136 cm³/mol. The molecule has 3 aliphatic heterocycles. The Labute approximate surface area is 209 Å². The molecule has 0 atom stereocenters. The number of aromatic nitrogens is 1. The summed E-state index contributed by atoms with van der Waals surface area (Å²) in [5.74, 6) is 1.25. The molecule has 10 heteroatoms. The highest BCUT2D eigenvalue weighted by Crippen LogP contribution is 2.35. The topological polar surface area (TPSA) is 59.7 Å². The lowest BCUT2D eigenvalue weighted by Gasteiger charge is -2.37. The Morgan fingerprint density at radius 2 is 1.50 bits per heavy atom. The number of nitrogens with zero attached hydrogens (tertiary/aromatic N) is 7. The molecule has 0 spiro atoms. The first-order valence-corrected chi connectivity index (χ1v) is 12.4.